The predicted octanol–water partition coefficient (Wildman–Crippen LogP) is 2.71. The van der Waals surface area contributed by atoms with E-state index in [4.69, 9.17) is 0 Å². The second-order valence-electron chi connectivity index (χ2n) is 6.67. The standard InChI is InChI=1S/C20H20N4O2/c25-19-6-3-13-21-24(19)16-10-8-15(9-11-16)22-20(26)18-12-7-14-4-1-2-5-17(14)23-18/h1-7,12-13,15-16H,8-11H2,(H,22,26). The highest BCUT2D eigenvalue weighted by molar-refractivity contribution is 5.95. The zero-order valence-corrected chi connectivity index (χ0v) is 14.3. The molecular weight excluding hydrogens is 328 g/mol. The molecule has 1 aliphatic rings. The summed E-state index contributed by atoms with van der Waals surface area (Å²) < 4.78 is 1.56. The Kier molecular flexibility index (Phi) is 4.48. The molecule has 0 radical (unpaired) electrons. The Morgan fingerprint density at radius 1 is 1.00 bits per heavy atom. The Balaban J connectivity index is 1.40. The number of para-hydroxylation sites is 1. The molecule has 0 spiro atoms. The van der Waals surface area contributed by atoms with Crippen LogP contribution in [0.1, 0.15) is 42.2 Å². The van der Waals surface area contributed by atoms with Crippen LogP contribution in [0.4, 0.5) is 0 Å². The summed E-state index contributed by atoms with van der Waals surface area (Å²) >= 11 is 0. The number of amides is 1. The molecule has 3 aromatic rings. The van der Waals surface area contributed by atoms with Crippen LogP contribution < -0.4 is 10.9 Å². The molecule has 1 saturated carbocycles. The summed E-state index contributed by atoms with van der Waals surface area (Å²) in [7, 11) is 0. The summed E-state index contributed by atoms with van der Waals surface area (Å²) in [6.07, 6.45) is 4.95. The highest BCUT2D eigenvalue weighted by atomic mass is 16.2. The summed E-state index contributed by atoms with van der Waals surface area (Å²) in [5.74, 6) is -0.144. The van der Waals surface area contributed by atoms with E-state index >= 15 is 0 Å². The van der Waals surface area contributed by atoms with Crippen molar-refractivity contribution in [2.75, 3.05) is 0 Å². The van der Waals surface area contributed by atoms with Crippen molar-refractivity contribution in [1.82, 2.24) is 20.1 Å². The van der Waals surface area contributed by atoms with Crippen molar-refractivity contribution < 1.29 is 4.79 Å². The first kappa shape index (κ1) is 16.4. The lowest BCUT2D eigenvalue weighted by atomic mass is 9.91. The summed E-state index contributed by atoms with van der Waals surface area (Å²) in [5, 5.41) is 8.27. The van der Waals surface area contributed by atoms with Gasteiger partial charge in [0.2, 0.25) is 0 Å². The summed E-state index contributed by atoms with van der Waals surface area (Å²) in [6, 6.07) is 14.8. The fraction of sp³-hybridized carbons (Fsp3) is 0.300. The SMILES string of the molecule is O=C(NC1CCC(n2ncccc2=O)CC1)c1ccc2ccccc2n1. The Labute approximate surface area is 150 Å². The number of carbonyl (C=O) groups excluding carboxylic acids is 1. The molecule has 2 heterocycles. The molecule has 1 fully saturated rings. The van der Waals surface area contributed by atoms with Crippen molar-refractivity contribution in [2.24, 2.45) is 0 Å². The normalized spacial score (nSPS) is 20.0. The monoisotopic (exact) mass is 348 g/mol. The molecular formula is C20H20N4O2. The number of carbonyl (C=O) groups is 1. The fourth-order valence-electron chi connectivity index (χ4n) is 3.56. The van der Waals surface area contributed by atoms with Gasteiger partial charge in [0, 0.05) is 23.7 Å². The highest BCUT2D eigenvalue weighted by Gasteiger charge is 2.25. The summed E-state index contributed by atoms with van der Waals surface area (Å²) in [4.78, 5) is 28.9. The molecule has 0 saturated heterocycles. The van der Waals surface area contributed by atoms with Gasteiger partial charge in [-0.1, -0.05) is 24.3 Å². The van der Waals surface area contributed by atoms with Crippen LogP contribution in [0, 0.1) is 0 Å². The van der Waals surface area contributed by atoms with Gasteiger partial charge in [-0.25, -0.2) is 9.67 Å². The zero-order valence-electron chi connectivity index (χ0n) is 14.3. The number of hydrogen-bond acceptors (Lipinski definition) is 4. The number of nitrogens with zero attached hydrogens (tertiary/aromatic N) is 3. The second-order valence-corrected chi connectivity index (χ2v) is 6.67. The number of pyridine rings is 1. The van der Waals surface area contributed by atoms with Crippen LogP contribution in [0.25, 0.3) is 10.9 Å². The van der Waals surface area contributed by atoms with Gasteiger partial charge in [-0.15, -0.1) is 0 Å². The van der Waals surface area contributed by atoms with E-state index in [1.54, 1.807) is 23.0 Å². The van der Waals surface area contributed by atoms with Crippen molar-refractivity contribution in [3.63, 3.8) is 0 Å². The Morgan fingerprint density at radius 3 is 2.62 bits per heavy atom. The molecule has 6 nitrogen and oxygen atoms in total. The number of aromatic nitrogens is 3. The quantitative estimate of drug-likeness (QED) is 0.789. The zero-order chi connectivity index (χ0) is 17.9. The average molecular weight is 348 g/mol. The van der Waals surface area contributed by atoms with Crippen molar-refractivity contribution in [2.45, 2.75) is 37.8 Å². The van der Waals surface area contributed by atoms with Crippen LogP contribution in [-0.2, 0) is 0 Å². The Bertz CT molecular complexity index is 990. The molecule has 132 valence electrons. The largest absolute Gasteiger partial charge is 0.348 e. The van der Waals surface area contributed by atoms with Crippen LogP contribution in [0.15, 0.2) is 59.5 Å². The molecule has 1 N–H and O–H groups in total. The van der Waals surface area contributed by atoms with E-state index in [0.29, 0.717) is 5.69 Å². The van der Waals surface area contributed by atoms with Crippen LogP contribution in [0.5, 0.6) is 0 Å². The lowest BCUT2D eigenvalue weighted by Gasteiger charge is -2.29. The smallest absolute Gasteiger partial charge is 0.270 e. The first-order chi connectivity index (χ1) is 12.7. The molecule has 26 heavy (non-hydrogen) atoms. The topological polar surface area (TPSA) is 76.9 Å². The van der Waals surface area contributed by atoms with Gasteiger partial charge in [-0.3, -0.25) is 9.59 Å². The summed E-state index contributed by atoms with van der Waals surface area (Å²) in [6.45, 7) is 0. The predicted molar refractivity (Wildman–Crippen MR) is 99.0 cm³/mol. The minimum atomic E-state index is -0.144. The van der Waals surface area contributed by atoms with Crippen LogP contribution in [0.2, 0.25) is 0 Å². The number of fused-ring (bicyclic) bond motifs is 1. The maximum absolute atomic E-state index is 12.5. The number of hydrogen-bond donors (Lipinski definition) is 1. The molecule has 2 aromatic heterocycles. The minimum absolute atomic E-state index is 0.0691. The molecule has 6 heteroatoms. The maximum Gasteiger partial charge on any atom is 0.270 e. The minimum Gasteiger partial charge on any atom is -0.348 e. The molecule has 1 aromatic carbocycles. The van der Waals surface area contributed by atoms with Gasteiger partial charge >= 0.3 is 0 Å². The van der Waals surface area contributed by atoms with E-state index < -0.39 is 0 Å². The van der Waals surface area contributed by atoms with Gasteiger partial charge in [0.1, 0.15) is 5.69 Å². The second kappa shape index (κ2) is 7.07. The van der Waals surface area contributed by atoms with Crippen LogP contribution in [-0.4, -0.2) is 26.7 Å². The molecule has 4 rings (SSSR count). The fourth-order valence-corrected chi connectivity index (χ4v) is 3.56. The van der Waals surface area contributed by atoms with Gasteiger partial charge in [0.15, 0.2) is 0 Å². The lowest BCUT2D eigenvalue weighted by Crippen LogP contribution is -2.39. The molecule has 1 amide bonds. The van der Waals surface area contributed by atoms with E-state index in [1.807, 2.05) is 30.3 Å². The molecule has 0 unspecified atom stereocenters. The van der Waals surface area contributed by atoms with Crippen LogP contribution >= 0.6 is 0 Å². The van der Waals surface area contributed by atoms with E-state index in [-0.39, 0.29) is 23.6 Å². The molecule has 0 atom stereocenters. The molecule has 0 bridgehead atoms. The number of nitrogens with one attached hydrogen (secondary N) is 1. The van der Waals surface area contributed by atoms with Crippen molar-refractivity contribution in [1.29, 1.82) is 0 Å². The number of rotatable bonds is 3. The third-order valence-corrected chi connectivity index (χ3v) is 4.95. The van der Waals surface area contributed by atoms with E-state index in [0.717, 1.165) is 36.6 Å². The summed E-state index contributed by atoms with van der Waals surface area (Å²) in [5.41, 5.74) is 1.19. The van der Waals surface area contributed by atoms with Gasteiger partial charge in [0.05, 0.1) is 11.6 Å². The van der Waals surface area contributed by atoms with Crippen molar-refractivity contribution in [3.8, 4) is 0 Å². The van der Waals surface area contributed by atoms with Gasteiger partial charge in [0.25, 0.3) is 11.5 Å². The average Bonchev–Trinajstić information content (AvgIpc) is 2.69. The third kappa shape index (κ3) is 3.35. The van der Waals surface area contributed by atoms with E-state index in [9.17, 15) is 9.59 Å². The number of benzene rings is 1. The first-order valence-corrected chi connectivity index (χ1v) is 8.91. The highest BCUT2D eigenvalue weighted by Crippen LogP contribution is 2.27. The lowest BCUT2D eigenvalue weighted by molar-refractivity contribution is 0.0916. The van der Waals surface area contributed by atoms with Crippen molar-refractivity contribution in [3.05, 3.63) is 70.8 Å². The van der Waals surface area contributed by atoms with E-state index in [1.165, 1.54) is 6.07 Å². The van der Waals surface area contributed by atoms with E-state index in [2.05, 4.69) is 15.4 Å². The molecule has 0 aliphatic heterocycles. The first-order valence-electron chi connectivity index (χ1n) is 8.91. The van der Waals surface area contributed by atoms with Crippen LogP contribution in [0.3, 0.4) is 0 Å². The Morgan fingerprint density at radius 2 is 1.81 bits per heavy atom. The molecule has 1 aliphatic carbocycles. The third-order valence-electron chi connectivity index (χ3n) is 4.95. The van der Waals surface area contributed by atoms with Gasteiger partial charge in [-0.05, 0) is 43.9 Å². The van der Waals surface area contributed by atoms with Crippen molar-refractivity contribution >= 4 is 16.8 Å². The Hall–Kier alpha value is -3.02. The van der Waals surface area contributed by atoms with Gasteiger partial charge in [-0.2, -0.15) is 5.10 Å². The van der Waals surface area contributed by atoms with Gasteiger partial charge < -0.3 is 5.32 Å². The maximum atomic E-state index is 12.5.